The largest absolute Gasteiger partial charge is 0.453 e. The molecule has 4 aromatic rings. The molecule has 2 N–H and O–H groups in total. The number of nitrogens with two attached hydrogens (primary N) is 1. The van der Waals surface area contributed by atoms with E-state index in [-0.39, 0.29) is 28.9 Å². The predicted molar refractivity (Wildman–Crippen MR) is 155 cm³/mol. The Morgan fingerprint density at radius 2 is 1.95 bits per heavy atom. The summed E-state index contributed by atoms with van der Waals surface area (Å²) in [6.45, 7) is 3.88. The van der Waals surface area contributed by atoms with E-state index in [0.29, 0.717) is 12.3 Å². The maximum Gasteiger partial charge on any atom is 0.237 e. The maximum atomic E-state index is 15.2. The fraction of sp³-hybridized carbons (Fsp3) is 0.207. The van der Waals surface area contributed by atoms with Crippen LogP contribution in [-0.4, -0.2) is 53.8 Å². The van der Waals surface area contributed by atoms with Crippen LogP contribution in [0.25, 0.3) is 10.2 Å². The molecule has 1 saturated heterocycles. The van der Waals surface area contributed by atoms with Gasteiger partial charge in [0.05, 0.1) is 47.0 Å². The van der Waals surface area contributed by atoms with Gasteiger partial charge in [-0.15, -0.1) is 11.3 Å². The lowest BCUT2D eigenvalue weighted by atomic mass is 10.1. The van der Waals surface area contributed by atoms with Crippen molar-refractivity contribution in [1.82, 2.24) is 9.88 Å². The first kappa shape index (κ1) is 26.7. The molecule has 1 amide bonds. The van der Waals surface area contributed by atoms with Crippen LogP contribution >= 0.6 is 23.6 Å². The van der Waals surface area contributed by atoms with Gasteiger partial charge in [0.1, 0.15) is 5.75 Å². The van der Waals surface area contributed by atoms with E-state index in [1.165, 1.54) is 23.5 Å². The minimum Gasteiger partial charge on any atom is -0.453 e. The number of carbonyl (C=O) groups is 1. The zero-order valence-corrected chi connectivity index (χ0v) is 22.6. The van der Waals surface area contributed by atoms with E-state index < -0.39 is 5.82 Å². The maximum absolute atomic E-state index is 15.2. The molecule has 0 unspecified atom stereocenters. The molecule has 2 aromatic carbocycles. The van der Waals surface area contributed by atoms with Crippen LogP contribution in [0.5, 0.6) is 11.5 Å². The number of fused-ring (bicyclic) bond motifs is 1. The summed E-state index contributed by atoms with van der Waals surface area (Å²) in [6, 6.07) is 17.0. The van der Waals surface area contributed by atoms with Crippen molar-refractivity contribution < 1.29 is 18.7 Å². The average molecular weight is 561 g/mol. The van der Waals surface area contributed by atoms with E-state index in [2.05, 4.69) is 21.7 Å². The van der Waals surface area contributed by atoms with Crippen LogP contribution in [0.15, 0.2) is 66.9 Å². The van der Waals surface area contributed by atoms with Gasteiger partial charge in [-0.25, -0.2) is 4.39 Å². The number of benzene rings is 2. The Bertz CT molecular complexity index is 1560. The van der Waals surface area contributed by atoms with Crippen molar-refractivity contribution in [3.8, 4) is 23.3 Å². The molecule has 198 valence electrons. The van der Waals surface area contributed by atoms with Crippen molar-refractivity contribution >= 4 is 50.5 Å². The van der Waals surface area contributed by atoms with Gasteiger partial charge in [0, 0.05) is 31.4 Å². The molecular weight excluding hydrogens is 535 g/mol. The van der Waals surface area contributed by atoms with Crippen LogP contribution in [0.1, 0.15) is 10.4 Å². The molecule has 0 atom stereocenters. The van der Waals surface area contributed by atoms with E-state index in [0.717, 1.165) is 51.9 Å². The molecule has 3 heterocycles. The van der Waals surface area contributed by atoms with Gasteiger partial charge in [0.2, 0.25) is 5.91 Å². The van der Waals surface area contributed by atoms with Gasteiger partial charge in [0.25, 0.3) is 0 Å². The van der Waals surface area contributed by atoms with Crippen LogP contribution in [0, 0.1) is 17.7 Å². The van der Waals surface area contributed by atoms with Crippen LogP contribution < -0.4 is 15.4 Å². The third-order valence-electron chi connectivity index (χ3n) is 6.06. The molecule has 7 nitrogen and oxygen atoms in total. The molecule has 2 aromatic heterocycles. The van der Waals surface area contributed by atoms with Gasteiger partial charge in [-0.2, -0.15) is 0 Å². The zero-order chi connectivity index (χ0) is 27.2. The number of rotatable bonds is 6. The van der Waals surface area contributed by atoms with Crippen molar-refractivity contribution in [1.29, 1.82) is 0 Å². The summed E-state index contributed by atoms with van der Waals surface area (Å²) in [5.41, 5.74) is 7.58. The van der Waals surface area contributed by atoms with Crippen molar-refractivity contribution in [3.05, 3.63) is 83.1 Å². The number of amides is 1. The molecule has 0 saturated carbocycles. The first-order chi connectivity index (χ1) is 19.0. The van der Waals surface area contributed by atoms with Crippen molar-refractivity contribution in [3.63, 3.8) is 0 Å². The summed E-state index contributed by atoms with van der Waals surface area (Å²) < 4.78 is 27.3. The smallest absolute Gasteiger partial charge is 0.237 e. The number of hydrogen-bond donors (Lipinski definition) is 1. The molecular formula is C29H25FN4O3S2. The molecule has 10 heteroatoms. The van der Waals surface area contributed by atoms with Gasteiger partial charge in [-0.05, 0) is 36.0 Å². The predicted octanol–water partition coefficient (Wildman–Crippen LogP) is 4.73. The second-order valence-electron chi connectivity index (χ2n) is 8.77. The zero-order valence-electron chi connectivity index (χ0n) is 20.9. The number of carbonyl (C=O) groups excluding carboxylic acids is 1. The third-order valence-corrected chi connectivity index (χ3v) is 7.29. The molecule has 0 spiro atoms. The SMILES string of the molecule is NC(=S)N(C(=O)Cc1ccccc1)c1ccc(Oc2ccnc3cc(C#CCN4CCOCC4)sc23)c(F)c1. The number of morpholine rings is 1. The first-order valence-electron chi connectivity index (χ1n) is 12.3. The molecule has 39 heavy (non-hydrogen) atoms. The van der Waals surface area contributed by atoms with Crippen molar-refractivity contribution in [2.24, 2.45) is 5.73 Å². The lowest BCUT2D eigenvalue weighted by Gasteiger charge is -2.24. The van der Waals surface area contributed by atoms with Crippen LogP contribution in [0.2, 0.25) is 0 Å². The number of nitrogens with zero attached hydrogens (tertiary/aromatic N) is 3. The monoisotopic (exact) mass is 560 g/mol. The number of pyridine rings is 1. The highest BCUT2D eigenvalue weighted by molar-refractivity contribution is 7.80. The number of aromatic nitrogens is 1. The standard InChI is InChI=1S/C29H25FN4O3S2/c30-23-18-21(34(29(31)38)27(35)17-20-5-2-1-3-6-20)8-9-25(23)37-26-10-11-32-24-19-22(39-28(24)26)7-4-12-33-13-15-36-16-14-33/h1-3,5-6,8-11,18-19H,12-17H2,(H2,31,38). The Morgan fingerprint density at radius 3 is 2.69 bits per heavy atom. The van der Waals surface area contributed by atoms with E-state index in [9.17, 15) is 4.79 Å². The highest BCUT2D eigenvalue weighted by atomic mass is 32.1. The Morgan fingerprint density at radius 1 is 1.15 bits per heavy atom. The summed E-state index contributed by atoms with van der Waals surface area (Å²) in [4.78, 5) is 21.6. The summed E-state index contributed by atoms with van der Waals surface area (Å²) in [6.07, 6.45) is 1.68. The normalized spacial score (nSPS) is 13.5. The second kappa shape index (κ2) is 12.3. The summed E-state index contributed by atoms with van der Waals surface area (Å²) in [5, 5.41) is -0.166. The first-order valence-corrected chi connectivity index (χ1v) is 13.5. The van der Waals surface area contributed by atoms with Crippen molar-refractivity contribution in [2.75, 3.05) is 37.7 Å². The highest BCUT2D eigenvalue weighted by Crippen LogP contribution is 2.36. The summed E-state index contributed by atoms with van der Waals surface area (Å²) >= 11 is 6.54. The molecule has 5 rings (SSSR count). The fourth-order valence-corrected chi connectivity index (χ4v) is 5.28. The fourth-order valence-electron chi connectivity index (χ4n) is 4.13. The van der Waals surface area contributed by atoms with Gasteiger partial charge in [-0.1, -0.05) is 42.2 Å². The lowest BCUT2D eigenvalue weighted by molar-refractivity contribution is -0.117. The van der Waals surface area contributed by atoms with Crippen LogP contribution in [0.4, 0.5) is 10.1 Å². The van der Waals surface area contributed by atoms with Gasteiger partial charge in [-0.3, -0.25) is 19.6 Å². The number of thiocarbonyl (C=S) groups is 1. The number of thiophene rings is 1. The highest BCUT2D eigenvalue weighted by Gasteiger charge is 2.21. The summed E-state index contributed by atoms with van der Waals surface area (Å²) in [7, 11) is 0. The van der Waals surface area contributed by atoms with E-state index in [1.807, 2.05) is 36.4 Å². The summed E-state index contributed by atoms with van der Waals surface area (Å²) in [5.74, 6) is 5.85. The molecule has 0 radical (unpaired) electrons. The number of anilines is 1. The number of ether oxygens (including phenoxy) is 2. The Kier molecular flexibility index (Phi) is 8.44. The molecule has 1 aliphatic rings. The Hall–Kier alpha value is -3.88. The van der Waals surface area contributed by atoms with Gasteiger partial charge < -0.3 is 15.2 Å². The molecule has 0 bridgehead atoms. The van der Waals surface area contributed by atoms with E-state index in [1.54, 1.807) is 18.3 Å². The number of halogens is 1. The van der Waals surface area contributed by atoms with Crippen LogP contribution in [-0.2, 0) is 16.0 Å². The van der Waals surface area contributed by atoms with E-state index >= 15 is 4.39 Å². The lowest BCUT2D eigenvalue weighted by Crippen LogP contribution is -2.41. The van der Waals surface area contributed by atoms with Gasteiger partial charge >= 0.3 is 0 Å². The quantitative estimate of drug-likeness (QED) is 0.270. The molecule has 0 aliphatic carbocycles. The Labute approximate surface area is 235 Å². The topological polar surface area (TPSA) is 80.9 Å². The molecule has 1 aliphatic heterocycles. The minimum atomic E-state index is -0.659. The third kappa shape index (κ3) is 6.58. The molecule has 1 fully saturated rings. The van der Waals surface area contributed by atoms with E-state index in [4.69, 9.17) is 27.4 Å². The Balaban J connectivity index is 1.33. The average Bonchev–Trinajstić information content (AvgIpc) is 3.35. The second-order valence-corrected chi connectivity index (χ2v) is 10.2. The van der Waals surface area contributed by atoms with Crippen molar-refractivity contribution in [2.45, 2.75) is 6.42 Å². The minimum absolute atomic E-state index is 0.00185. The number of hydrogen-bond acceptors (Lipinski definition) is 7. The van der Waals surface area contributed by atoms with Crippen LogP contribution in [0.3, 0.4) is 0 Å². The van der Waals surface area contributed by atoms with Gasteiger partial charge in [0.15, 0.2) is 16.7 Å².